The smallest absolute Gasteiger partial charge is 0.204 e. The SMILES string of the molecule is CCCCCC(CC)N=C(N1CCCCCC1)N(C(=N)N)C(CC)CCCCC. The normalized spacial score (nSPS) is 17.7. The Morgan fingerprint density at radius 1 is 0.897 bits per heavy atom. The fourth-order valence-electron chi connectivity index (χ4n) is 4.33. The zero-order valence-electron chi connectivity index (χ0n) is 19.9. The largest absolute Gasteiger partial charge is 0.370 e. The average molecular weight is 408 g/mol. The summed E-state index contributed by atoms with van der Waals surface area (Å²) in [6.07, 6.45) is 16.7. The predicted molar refractivity (Wildman–Crippen MR) is 128 cm³/mol. The highest BCUT2D eigenvalue weighted by atomic mass is 15.4. The summed E-state index contributed by atoms with van der Waals surface area (Å²) in [4.78, 5) is 9.83. The van der Waals surface area contributed by atoms with Gasteiger partial charge in [0.2, 0.25) is 5.96 Å². The first-order chi connectivity index (χ1) is 14.1. The van der Waals surface area contributed by atoms with Gasteiger partial charge in [-0.2, -0.15) is 0 Å². The third kappa shape index (κ3) is 9.39. The van der Waals surface area contributed by atoms with E-state index >= 15 is 0 Å². The van der Waals surface area contributed by atoms with Crippen molar-refractivity contribution in [1.82, 2.24) is 9.80 Å². The van der Waals surface area contributed by atoms with Crippen molar-refractivity contribution in [1.29, 1.82) is 5.41 Å². The Morgan fingerprint density at radius 2 is 1.48 bits per heavy atom. The lowest BCUT2D eigenvalue weighted by Gasteiger charge is -2.38. The van der Waals surface area contributed by atoms with Gasteiger partial charge in [0.1, 0.15) is 0 Å². The van der Waals surface area contributed by atoms with E-state index in [9.17, 15) is 0 Å². The molecule has 0 aromatic heterocycles. The summed E-state index contributed by atoms with van der Waals surface area (Å²) in [7, 11) is 0. The molecule has 0 aromatic carbocycles. The highest BCUT2D eigenvalue weighted by Crippen LogP contribution is 2.20. The van der Waals surface area contributed by atoms with Crippen molar-refractivity contribution in [2.24, 2.45) is 10.7 Å². The number of likely N-dealkylation sites (tertiary alicyclic amines) is 1. The second-order valence-electron chi connectivity index (χ2n) is 8.70. The average Bonchev–Trinajstić information content (AvgIpc) is 3.00. The molecule has 0 spiro atoms. The van der Waals surface area contributed by atoms with Gasteiger partial charge in [0.05, 0.1) is 6.04 Å². The van der Waals surface area contributed by atoms with E-state index in [1.54, 1.807) is 0 Å². The van der Waals surface area contributed by atoms with Gasteiger partial charge in [-0.15, -0.1) is 0 Å². The van der Waals surface area contributed by atoms with Crippen molar-refractivity contribution in [2.45, 2.75) is 130 Å². The highest BCUT2D eigenvalue weighted by molar-refractivity contribution is 5.97. The summed E-state index contributed by atoms with van der Waals surface area (Å²) in [6.45, 7) is 11.1. The van der Waals surface area contributed by atoms with Crippen LogP contribution in [0.3, 0.4) is 0 Å². The molecule has 0 bridgehead atoms. The molecule has 2 unspecified atom stereocenters. The fourth-order valence-corrected chi connectivity index (χ4v) is 4.33. The predicted octanol–water partition coefficient (Wildman–Crippen LogP) is 6.13. The number of nitrogens with two attached hydrogens (primary N) is 1. The first-order valence-electron chi connectivity index (χ1n) is 12.5. The van der Waals surface area contributed by atoms with Crippen molar-refractivity contribution < 1.29 is 0 Å². The van der Waals surface area contributed by atoms with E-state index in [1.807, 2.05) is 0 Å². The number of rotatable bonds is 12. The second kappa shape index (κ2) is 15.6. The van der Waals surface area contributed by atoms with Crippen LogP contribution in [0.5, 0.6) is 0 Å². The molecule has 5 nitrogen and oxygen atoms in total. The molecular weight excluding hydrogens is 358 g/mol. The van der Waals surface area contributed by atoms with E-state index in [-0.39, 0.29) is 12.0 Å². The van der Waals surface area contributed by atoms with Crippen molar-refractivity contribution in [3.8, 4) is 0 Å². The molecule has 5 heteroatoms. The summed E-state index contributed by atoms with van der Waals surface area (Å²) >= 11 is 0. The van der Waals surface area contributed by atoms with Crippen LogP contribution in [-0.2, 0) is 0 Å². The monoisotopic (exact) mass is 407 g/mol. The van der Waals surface area contributed by atoms with Crippen LogP contribution in [-0.4, -0.2) is 46.9 Å². The van der Waals surface area contributed by atoms with Gasteiger partial charge in [-0.3, -0.25) is 10.3 Å². The van der Waals surface area contributed by atoms with Crippen molar-refractivity contribution >= 4 is 11.9 Å². The maximum absolute atomic E-state index is 8.43. The minimum Gasteiger partial charge on any atom is -0.370 e. The van der Waals surface area contributed by atoms with E-state index in [0.29, 0.717) is 6.04 Å². The van der Waals surface area contributed by atoms with Crippen LogP contribution in [0.15, 0.2) is 4.99 Å². The number of unbranched alkanes of at least 4 members (excludes halogenated alkanes) is 4. The standard InChI is InChI=1S/C24H49N5/c1-5-9-13-17-21(7-3)27-24(28-19-15-11-12-16-20-28)29(23(25)26)22(8-4)18-14-10-6-2/h21-22H,5-20H2,1-4H3,(H3,25,26). The molecule has 1 saturated heterocycles. The molecule has 3 N–H and O–H groups in total. The number of hydrogen-bond acceptors (Lipinski definition) is 2. The maximum atomic E-state index is 8.43. The summed E-state index contributed by atoms with van der Waals surface area (Å²) in [6, 6.07) is 0.601. The molecule has 29 heavy (non-hydrogen) atoms. The number of aliphatic imine (C=N–C) groups is 1. The molecule has 0 saturated carbocycles. The number of nitrogens with zero attached hydrogens (tertiary/aromatic N) is 3. The number of guanidine groups is 2. The van der Waals surface area contributed by atoms with Gasteiger partial charge >= 0.3 is 0 Å². The van der Waals surface area contributed by atoms with Crippen molar-refractivity contribution in [3.05, 3.63) is 0 Å². The third-order valence-corrected chi connectivity index (χ3v) is 6.25. The minimum atomic E-state index is 0.166. The molecule has 1 aliphatic rings. The number of hydrogen-bond donors (Lipinski definition) is 2. The van der Waals surface area contributed by atoms with E-state index in [4.69, 9.17) is 16.1 Å². The molecule has 1 heterocycles. The zero-order valence-corrected chi connectivity index (χ0v) is 19.9. The Bertz CT molecular complexity index is 454. The quantitative estimate of drug-likeness (QED) is 0.232. The van der Waals surface area contributed by atoms with E-state index < -0.39 is 0 Å². The van der Waals surface area contributed by atoms with Gasteiger partial charge in [-0.05, 0) is 38.5 Å². The Hall–Kier alpha value is -1.26. The van der Waals surface area contributed by atoms with Crippen molar-refractivity contribution in [3.63, 3.8) is 0 Å². The molecule has 2 atom stereocenters. The topological polar surface area (TPSA) is 68.7 Å². The van der Waals surface area contributed by atoms with E-state index in [2.05, 4.69) is 37.5 Å². The molecular formula is C24H49N5. The molecule has 0 amide bonds. The van der Waals surface area contributed by atoms with Gasteiger partial charge < -0.3 is 10.6 Å². The van der Waals surface area contributed by atoms with Gasteiger partial charge in [-0.25, -0.2) is 4.99 Å². The molecule has 1 aliphatic heterocycles. The Morgan fingerprint density at radius 3 is 1.97 bits per heavy atom. The van der Waals surface area contributed by atoms with Crippen LogP contribution >= 0.6 is 0 Å². The van der Waals surface area contributed by atoms with Crippen LogP contribution < -0.4 is 5.73 Å². The summed E-state index contributed by atoms with van der Waals surface area (Å²) < 4.78 is 0. The van der Waals surface area contributed by atoms with Gasteiger partial charge in [-0.1, -0.05) is 79.1 Å². The van der Waals surface area contributed by atoms with Gasteiger partial charge in [0.15, 0.2) is 5.96 Å². The zero-order chi connectivity index (χ0) is 21.5. The maximum Gasteiger partial charge on any atom is 0.204 e. The fraction of sp³-hybridized carbons (Fsp3) is 0.917. The van der Waals surface area contributed by atoms with Crippen LogP contribution in [0.2, 0.25) is 0 Å². The lowest BCUT2D eigenvalue weighted by atomic mass is 10.0. The highest BCUT2D eigenvalue weighted by Gasteiger charge is 2.28. The first-order valence-corrected chi connectivity index (χ1v) is 12.5. The second-order valence-corrected chi connectivity index (χ2v) is 8.70. The Kier molecular flexibility index (Phi) is 13.8. The molecule has 0 aromatic rings. The number of nitrogens with one attached hydrogen (secondary N) is 1. The third-order valence-electron chi connectivity index (χ3n) is 6.25. The van der Waals surface area contributed by atoms with E-state index in [0.717, 1.165) is 44.7 Å². The summed E-state index contributed by atoms with van der Waals surface area (Å²) in [5.74, 6) is 1.16. The first kappa shape index (κ1) is 25.8. The van der Waals surface area contributed by atoms with Crippen LogP contribution in [0, 0.1) is 5.41 Å². The van der Waals surface area contributed by atoms with Gasteiger partial charge in [0.25, 0.3) is 0 Å². The van der Waals surface area contributed by atoms with Crippen LogP contribution in [0.1, 0.15) is 118 Å². The Balaban J connectivity index is 3.17. The molecule has 0 radical (unpaired) electrons. The molecule has 170 valence electrons. The molecule has 0 aliphatic carbocycles. The van der Waals surface area contributed by atoms with Crippen LogP contribution in [0.4, 0.5) is 0 Å². The summed E-state index contributed by atoms with van der Waals surface area (Å²) in [5.41, 5.74) is 6.20. The van der Waals surface area contributed by atoms with E-state index in [1.165, 1.54) is 64.2 Å². The van der Waals surface area contributed by atoms with Gasteiger partial charge in [0, 0.05) is 19.1 Å². The molecule has 1 fully saturated rings. The summed E-state index contributed by atoms with van der Waals surface area (Å²) in [5, 5.41) is 8.43. The molecule has 1 rings (SSSR count). The lowest BCUT2D eigenvalue weighted by Crippen LogP contribution is -2.55. The lowest BCUT2D eigenvalue weighted by molar-refractivity contribution is 0.309. The Labute approximate surface area is 181 Å². The minimum absolute atomic E-state index is 0.166. The van der Waals surface area contributed by atoms with Crippen molar-refractivity contribution in [2.75, 3.05) is 13.1 Å². The van der Waals surface area contributed by atoms with Crippen LogP contribution in [0.25, 0.3) is 0 Å².